The Morgan fingerprint density at radius 3 is 2.72 bits per heavy atom. The minimum absolute atomic E-state index is 0.0585. The molecule has 3 rings (SSSR count). The third kappa shape index (κ3) is 1.86. The van der Waals surface area contributed by atoms with Crippen LogP contribution >= 0.6 is 0 Å². The molecule has 0 radical (unpaired) electrons. The lowest BCUT2D eigenvalue weighted by atomic mass is 10.2. The zero-order valence-electron chi connectivity index (χ0n) is 10.3. The average molecular weight is 245 g/mol. The van der Waals surface area contributed by atoms with Crippen molar-refractivity contribution in [1.29, 1.82) is 0 Å². The maximum Gasteiger partial charge on any atom is 0.293 e. The van der Waals surface area contributed by atoms with E-state index in [9.17, 15) is 4.79 Å². The summed E-state index contributed by atoms with van der Waals surface area (Å²) in [5.41, 5.74) is 0.731. The molecule has 5 heteroatoms. The molecule has 5 nitrogen and oxygen atoms in total. The van der Waals surface area contributed by atoms with Gasteiger partial charge in [0, 0.05) is 26.2 Å². The number of hydrogen-bond acceptors (Lipinski definition) is 4. The van der Waals surface area contributed by atoms with Crippen LogP contribution in [0.3, 0.4) is 0 Å². The second-order valence-corrected chi connectivity index (χ2v) is 4.62. The van der Waals surface area contributed by atoms with Crippen LogP contribution < -0.4 is 0 Å². The molecule has 0 atom stereocenters. The topological polar surface area (TPSA) is 49.6 Å². The second-order valence-electron chi connectivity index (χ2n) is 4.62. The first-order valence-electron chi connectivity index (χ1n) is 6.08. The number of nitrogens with zero attached hydrogens (tertiary/aromatic N) is 3. The molecule has 1 aliphatic rings. The molecule has 94 valence electrons. The van der Waals surface area contributed by atoms with E-state index in [1.165, 1.54) is 0 Å². The van der Waals surface area contributed by atoms with Crippen molar-refractivity contribution >= 4 is 16.8 Å². The molecule has 1 aromatic carbocycles. The Balaban J connectivity index is 1.88. The van der Waals surface area contributed by atoms with Crippen LogP contribution in [0.4, 0.5) is 0 Å². The average Bonchev–Trinajstić information content (AvgIpc) is 2.82. The smallest absolute Gasteiger partial charge is 0.293 e. The lowest BCUT2D eigenvalue weighted by molar-refractivity contribution is 0.0626. The van der Waals surface area contributed by atoms with Crippen molar-refractivity contribution in [1.82, 2.24) is 15.0 Å². The number of likely N-dealkylation sites (N-methyl/N-ethyl adjacent to an activating group) is 1. The van der Waals surface area contributed by atoms with Crippen molar-refractivity contribution < 1.29 is 9.32 Å². The van der Waals surface area contributed by atoms with Gasteiger partial charge in [-0.3, -0.25) is 4.79 Å². The molecule has 1 aliphatic heterocycles. The highest BCUT2D eigenvalue weighted by atomic mass is 16.5. The van der Waals surface area contributed by atoms with Crippen LogP contribution in [-0.4, -0.2) is 54.1 Å². The van der Waals surface area contributed by atoms with E-state index in [1.54, 1.807) is 0 Å². The number of rotatable bonds is 1. The number of carbonyl (C=O) groups is 1. The van der Waals surface area contributed by atoms with Gasteiger partial charge in [0.15, 0.2) is 0 Å². The molecule has 0 unspecified atom stereocenters. The van der Waals surface area contributed by atoms with Crippen molar-refractivity contribution in [3.05, 3.63) is 30.0 Å². The summed E-state index contributed by atoms with van der Waals surface area (Å²) in [6.45, 7) is 3.28. The Morgan fingerprint density at radius 2 is 1.94 bits per heavy atom. The normalized spacial score (nSPS) is 17.3. The highest BCUT2D eigenvalue weighted by Crippen LogP contribution is 2.19. The Kier molecular flexibility index (Phi) is 2.76. The first-order chi connectivity index (χ1) is 8.75. The predicted octanol–water partition coefficient (Wildman–Crippen LogP) is 1.22. The third-order valence-corrected chi connectivity index (χ3v) is 3.37. The van der Waals surface area contributed by atoms with Crippen molar-refractivity contribution in [3.8, 4) is 0 Å². The molecular formula is C13H15N3O2. The summed E-state index contributed by atoms with van der Waals surface area (Å²) >= 11 is 0. The standard InChI is InChI=1S/C13H15N3O2/c1-15-6-8-16(9-7-15)13(17)12-10-4-2-3-5-11(10)14-18-12/h2-5H,6-9H2,1H3. The predicted molar refractivity (Wildman–Crippen MR) is 67.4 cm³/mol. The molecule has 18 heavy (non-hydrogen) atoms. The van der Waals surface area contributed by atoms with Gasteiger partial charge in [-0.1, -0.05) is 17.3 Å². The van der Waals surface area contributed by atoms with Gasteiger partial charge in [0.05, 0.1) is 5.39 Å². The van der Waals surface area contributed by atoms with Gasteiger partial charge in [0.2, 0.25) is 5.76 Å². The summed E-state index contributed by atoms with van der Waals surface area (Å²) in [6.07, 6.45) is 0. The Labute approximate surface area is 105 Å². The van der Waals surface area contributed by atoms with Crippen LogP contribution in [0.1, 0.15) is 10.6 Å². The number of benzene rings is 1. The van der Waals surface area contributed by atoms with E-state index in [4.69, 9.17) is 4.52 Å². The van der Waals surface area contributed by atoms with E-state index < -0.39 is 0 Å². The van der Waals surface area contributed by atoms with Gasteiger partial charge in [-0.2, -0.15) is 0 Å². The van der Waals surface area contributed by atoms with Gasteiger partial charge < -0.3 is 14.3 Å². The summed E-state index contributed by atoms with van der Waals surface area (Å²) in [7, 11) is 2.06. The van der Waals surface area contributed by atoms with E-state index in [0.717, 1.165) is 37.1 Å². The zero-order chi connectivity index (χ0) is 12.5. The van der Waals surface area contributed by atoms with Gasteiger partial charge >= 0.3 is 0 Å². The Hall–Kier alpha value is -1.88. The summed E-state index contributed by atoms with van der Waals surface area (Å²) in [6, 6.07) is 7.49. The van der Waals surface area contributed by atoms with Crippen molar-refractivity contribution in [2.45, 2.75) is 0 Å². The largest absolute Gasteiger partial charge is 0.350 e. The molecule has 0 saturated carbocycles. The number of aromatic nitrogens is 1. The molecule has 0 spiro atoms. The monoisotopic (exact) mass is 245 g/mol. The Morgan fingerprint density at radius 1 is 1.22 bits per heavy atom. The number of hydrogen-bond donors (Lipinski definition) is 0. The fourth-order valence-corrected chi connectivity index (χ4v) is 2.20. The molecule has 2 aromatic rings. The maximum absolute atomic E-state index is 12.4. The molecule has 1 amide bonds. The van der Waals surface area contributed by atoms with Gasteiger partial charge in [-0.05, 0) is 19.2 Å². The second kappa shape index (κ2) is 4.42. The van der Waals surface area contributed by atoms with Crippen LogP contribution in [0, 0.1) is 0 Å². The van der Waals surface area contributed by atoms with E-state index in [2.05, 4.69) is 17.1 Å². The van der Waals surface area contributed by atoms with Crippen LogP contribution in [0.5, 0.6) is 0 Å². The fraction of sp³-hybridized carbons (Fsp3) is 0.385. The summed E-state index contributed by atoms with van der Waals surface area (Å²) in [5.74, 6) is 0.298. The highest BCUT2D eigenvalue weighted by Gasteiger charge is 2.25. The van der Waals surface area contributed by atoms with Crippen LogP contribution in [0.2, 0.25) is 0 Å². The lowest BCUT2D eigenvalue weighted by Gasteiger charge is -2.31. The number of fused-ring (bicyclic) bond motifs is 1. The lowest BCUT2D eigenvalue weighted by Crippen LogP contribution is -2.47. The van der Waals surface area contributed by atoms with Gasteiger partial charge in [0.25, 0.3) is 5.91 Å². The van der Waals surface area contributed by atoms with E-state index >= 15 is 0 Å². The molecule has 1 saturated heterocycles. The number of carbonyl (C=O) groups excluding carboxylic acids is 1. The van der Waals surface area contributed by atoms with Crippen molar-refractivity contribution in [3.63, 3.8) is 0 Å². The molecule has 1 fully saturated rings. The molecule has 0 N–H and O–H groups in total. The molecule has 2 heterocycles. The van der Waals surface area contributed by atoms with Gasteiger partial charge in [-0.15, -0.1) is 0 Å². The van der Waals surface area contributed by atoms with Crippen LogP contribution in [-0.2, 0) is 0 Å². The molecule has 1 aromatic heterocycles. The third-order valence-electron chi connectivity index (χ3n) is 3.37. The molecule has 0 bridgehead atoms. The van der Waals surface area contributed by atoms with Crippen molar-refractivity contribution in [2.24, 2.45) is 0 Å². The fourth-order valence-electron chi connectivity index (χ4n) is 2.20. The minimum Gasteiger partial charge on any atom is -0.350 e. The van der Waals surface area contributed by atoms with Crippen LogP contribution in [0.15, 0.2) is 28.8 Å². The Bertz CT molecular complexity index is 570. The van der Waals surface area contributed by atoms with Gasteiger partial charge in [0.1, 0.15) is 5.52 Å². The number of amides is 1. The summed E-state index contributed by atoms with van der Waals surface area (Å²) in [4.78, 5) is 16.4. The first kappa shape index (κ1) is 11.2. The van der Waals surface area contributed by atoms with E-state index in [-0.39, 0.29) is 5.91 Å². The quantitative estimate of drug-likeness (QED) is 0.758. The first-order valence-corrected chi connectivity index (χ1v) is 6.08. The summed E-state index contributed by atoms with van der Waals surface area (Å²) in [5, 5.41) is 4.71. The van der Waals surface area contributed by atoms with Gasteiger partial charge in [-0.25, -0.2) is 0 Å². The summed E-state index contributed by atoms with van der Waals surface area (Å²) < 4.78 is 5.20. The molecule has 0 aliphatic carbocycles. The van der Waals surface area contributed by atoms with Crippen LogP contribution in [0.25, 0.3) is 10.9 Å². The SMILES string of the molecule is CN1CCN(C(=O)c2onc3ccccc23)CC1. The van der Waals surface area contributed by atoms with E-state index in [0.29, 0.717) is 5.76 Å². The molecular weight excluding hydrogens is 230 g/mol. The zero-order valence-corrected chi connectivity index (χ0v) is 10.3. The number of piperazine rings is 1. The maximum atomic E-state index is 12.4. The van der Waals surface area contributed by atoms with Crippen molar-refractivity contribution in [2.75, 3.05) is 33.2 Å². The minimum atomic E-state index is -0.0585. The van der Waals surface area contributed by atoms with E-state index in [1.807, 2.05) is 29.2 Å². The highest BCUT2D eigenvalue weighted by molar-refractivity contribution is 6.03.